The number of ketones is 2. The number of phenols is 3. The van der Waals surface area contributed by atoms with Gasteiger partial charge in [0.1, 0.15) is 23.9 Å². The number of unbranched alkanes of at least 4 members (excludes halogenated alkanes) is 2. The minimum absolute atomic E-state index is 0.0100. The van der Waals surface area contributed by atoms with E-state index < -0.39 is 113 Å². The van der Waals surface area contributed by atoms with Crippen molar-refractivity contribution < 1.29 is 69.2 Å². The Kier molecular flexibility index (Phi) is 10.5. The van der Waals surface area contributed by atoms with E-state index >= 15 is 0 Å². The summed E-state index contributed by atoms with van der Waals surface area (Å²) in [6, 6.07) is 3.04. The zero-order valence-electron chi connectivity index (χ0n) is 28.7. The predicted molar refractivity (Wildman–Crippen MR) is 180 cm³/mol. The summed E-state index contributed by atoms with van der Waals surface area (Å²) in [6.07, 6.45) is -1.55. The average molecular weight is 738 g/mol. The van der Waals surface area contributed by atoms with E-state index in [0.717, 1.165) is 4.90 Å². The lowest BCUT2D eigenvalue weighted by Gasteiger charge is -2.42. The van der Waals surface area contributed by atoms with Crippen molar-refractivity contribution in [3.05, 3.63) is 63.7 Å². The molecule has 2 aliphatic heterocycles. The summed E-state index contributed by atoms with van der Waals surface area (Å²) in [7, 11) is 0. The summed E-state index contributed by atoms with van der Waals surface area (Å²) in [5.41, 5.74) is 4.12. The first-order valence-electron chi connectivity index (χ1n) is 17.2. The van der Waals surface area contributed by atoms with E-state index in [-0.39, 0.29) is 47.4 Å². The van der Waals surface area contributed by atoms with Crippen LogP contribution in [-0.2, 0) is 30.3 Å². The molecular weight excluding hydrogens is 696 g/mol. The fourth-order valence-electron chi connectivity index (χ4n) is 7.36. The van der Waals surface area contributed by atoms with E-state index in [0.29, 0.717) is 19.3 Å². The molecule has 2 aromatic carbocycles. The van der Waals surface area contributed by atoms with Gasteiger partial charge in [0.25, 0.3) is 17.7 Å². The Labute approximate surface area is 302 Å². The van der Waals surface area contributed by atoms with Gasteiger partial charge in [-0.05, 0) is 25.8 Å². The highest BCUT2D eigenvalue weighted by Crippen LogP contribution is 2.52. The summed E-state index contributed by atoms with van der Waals surface area (Å²) in [6.45, 7) is 0.944. The van der Waals surface area contributed by atoms with E-state index in [2.05, 4.69) is 10.5 Å². The van der Waals surface area contributed by atoms with E-state index in [4.69, 9.17) is 15.2 Å². The van der Waals surface area contributed by atoms with Crippen LogP contribution in [0.4, 0.5) is 0 Å². The first-order valence-corrected chi connectivity index (χ1v) is 17.2. The number of aromatic hydroxyl groups is 3. The quantitative estimate of drug-likeness (QED) is 0.0344. The van der Waals surface area contributed by atoms with Crippen LogP contribution in [0.3, 0.4) is 0 Å². The van der Waals surface area contributed by atoms with Gasteiger partial charge in [-0.1, -0.05) is 18.6 Å². The first kappa shape index (κ1) is 37.7. The van der Waals surface area contributed by atoms with Gasteiger partial charge in [0.2, 0.25) is 11.5 Å². The molecule has 1 saturated heterocycles. The Bertz CT molecular complexity index is 1910. The van der Waals surface area contributed by atoms with Crippen LogP contribution in [0.5, 0.6) is 17.2 Å². The third-order valence-electron chi connectivity index (χ3n) is 10.2. The lowest BCUT2D eigenvalue weighted by molar-refractivity contribution is -0.518. The van der Waals surface area contributed by atoms with Crippen LogP contribution >= 0.6 is 0 Å². The van der Waals surface area contributed by atoms with E-state index in [1.54, 1.807) is 6.92 Å². The average Bonchev–Trinajstić information content (AvgIpc) is 3.43. The molecule has 282 valence electrons. The number of benzene rings is 2. The molecule has 10 N–H and O–H groups in total. The monoisotopic (exact) mass is 737 g/mol. The van der Waals surface area contributed by atoms with Gasteiger partial charge in [0.05, 0.1) is 35.0 Å². The number of hydrogen-bond acceptors (Lipinski definition) is 14. The fraction of sp³-hybridized carbons (Fsp3) is 0.444. The van der Waals surface area contributed by atoms with E-state index in [1.807, 2.05) is 0 Å². The van der Waals surface area contributed by atoms with Gasteiger partial charge in [-0.2, -0.15) is 0 Å². The van der Waals surface area contributed by atoms with Gasteiger partial charge in [-0.15, -0.1) is 10.5 Å². The van der Waals surface area contributed by atoms with Crippen molar-refractivity contribution in [2.24, 2.45) is 5.73 Å². The van der Waals surface area contributed by atoms with Crippen LogP contribution in [0.25, 0.3) is 0 Å². The molecular formula is C36H41N4O13+. The fourth-order valence-corrected chi connectivity index (χ4v) is 7.36. The van der Waals surface area contributed by atoms with Crippen molar-refractivity contribution >= 4 is 35.0 Å². The molecule has 2 unspecified atom stereocenters. The number of carbonyl (C=O) groups excluding carboxylic acids is 5. The van der Waals surface area contributed by atoms with Gasteiger partial charge in [-0.3, -0.25) is 28.9 Å². The number of phenolic OH excluding ortho intramolecular Hbond substituents is 3. The summed E-state index contributed by atoms with van der Waals surface area (Å²) >= 11 is 0. The largest absolute Gasteiger partial charge is 0.507 e. The number of rotatable bonds is 11. The summed E-state index contributed by atoms with van der Waals surface area (Å²) < 4.78 is 12.0. The number of carbonyl (C=O) groups is 5. The summed E-state index contributed by atoms with van der Waals surface area (Å²) in [4.78, 5) is 64.7. The number of hydrazone groups is 1. The number of fused-ring (bicyclic) bond motifs is 3. The van der Waals surface area contributed by atoms with Crippen molar-refractivity contribution in [1.82, 2.24) is 10.3 Å². The molecule has 2 aromatic rings. The molecule has 17 heteroatoms. The lowest BCUT2D eigenvalue weighted by Crippen LogP contribution is -2.88. The molecule has 2 aliphatic carbocycles. The Morgan fingerprint density at radius 2 is 1.74 bits per heavy atom. The van der Waals surface area contributed by atoms with Crippen LogP contribution in [0.2, 0.25) is 0 Å². The smallest absolute Gasteiger partial charge is 0.274 e. The number of amides is 3. The van der Waals surface area contributed by atoms with Crippen molar-refractivity contribution in [3.8, 4) is 17.2 Å². The highest BCUT2D eigenvalue weighted by Gasteiger charge is 2.51. The second-order valence-electron chi connectivity index (χ2n) is 13.7. The highest BCUT2D eigenvalue weighted by molar-refractivity contribution is 6.31. The van der Waals surface area contributed by atoms with Crippen molar-refractivity contribution in [2.75, 3.05) is 13.2 Å². The van der Waals surface area contributed by atoms with Crippen molar-refractivity contribution in [1.29, 1.82) is 0 Å². The van der Waals surface area contributed by atoms with Crippen molar-refractivity contribution in [3.63, 3.8) is 0 Å². The van der Waals surface area contributed by atoms with Crippen molar-refractivity contribution in [2.45, 2.75) is 88.1 Å². The molecule has 53 heavy (non-hydrogen) atoms. The molecule has 6 rings (SSSR count). The summed E-state index contributed by atoms with van der Waals surface area (Å²) in [5, 5.41) is 69.3. The minimum Gasteiger partial charge on any atom is -0.507 e. The number of aliphatic hydroxyl groups excluding tert-OH is 2. The maximum Gasteiger partial charge on any atom is 0.274 e. The number of hydrazine groups is 1. The number of nitrogens with two attached hydrogens (primary N) is 1. The third kappa shape index (κ3) is 6.94. The lowest BCUT2D eigenvalue weighted by atomic mass is 9.71. The number of ether oxygens (including phenoxy) is 2. The van der Waals surface area contributed by atoms with Gasteiger partial charge in [-0.25, -0.2) is 0 Å². The normalized spacial score (nSPS) is 26.8. The molecule has 4 aliphatic rings. The van der Waals surface area contributed by atoms with Crippen LogP contribution in [0, 0.1) is 0 Å². The number of nitrogens with one attached hydrogen (secondary N) is 2. The second-order valence-corrected chi connectivity index (χ2v) is 13.7. The number of nitrogens with zero attached hydrogens (tertiary/aromatic N) is 1. The SMILES string of the molecule is CC1O[C@@H](O[C@H]2C[C@](O)(/C(CO)=[NH+]/NC(=O)CCCCCN3C(=O)C=CC3=O)Cc3c(O)c4c(c(O)c32)C(=O)c2c(O)cccc2C4=O)CC(N)[C@H]1O. The molecule has 6 atom stereocenters. The standard InChI is InChI=1S/C36H40N4O13/c1-16-31(46)19(37)12-26(52-16)53-21-14-36(51,22(15-41)38-39-23(43)8-3-2-4-11-40-24(44)9-10-25(40)45)13-18-28(21)35(50)30-29(33(18)48)32(47)17-6-5-7-20(42)27(17)34(30)49/h5-7,9-10,16,19,21,26,31,41-42,46,48,50-51H,2-4,8,11-15,37H2,1H3,(H,39,43)/p+1/b38-22+/t16?,19?,21-,26-,31-,36-/m0/s1. The maximum absolute atomic E-state index is 13.7. The second kappa shape index (κ2) is 14.8. The molecule has 0 radical (unpaired) electrons. The Hall–Kier alpha value is -5.04. The van der Waals surface area contributed by atoms with Gasteiger partial charge < -0.3 is 45.8 Å². The predicted octanol–water partition coefficient (Wildman–Crippen LogP) is -1.83. The van der Waals surface area contributed by atoms with Gasteiger partial charge in [0.15, 0.2) is 17.7 Å². The third-order valence-corrected chi connectivity index (χ3v) is 10.2. The van der Waals surface area contributed by atoms with Crippen LogP contribution in [0.15, 0.2) is 30.4 Å². The number of aliphatic hydroxyl groups is 3. The van der Waals surface area contributed by atoms with E-state index in [1.165, 1.54) is 30.4 Å². The Morgan fingerprint density at radius 3 is 2.42 bits per heavy atom. The molecule has 17 nitrogen and oxygen atoms in total. The van der Waals surface area contributed by atoms with Crippen LogP contribution in [0.1, 0.15) is 94.5 Å². The first-order chi connectivity index (χ1) is 25.2. The number of imide groups is 1. The molecule has 2 heterocycles. The van der Waals surface area contributed by atoms with Crippen LogP contribution < -0.4 is 16.3 Å². The highest BCUT2D eigenvalue weighted by atomic mass is 16.7. The topological polar surface area (TPSA) is 280 Å². The Morgan fingerprint density at radius 1 is 1.04 bits per heavy atom. The molecule has 1 fully saturated rings. The van der Waals surface area contributed by atoms with Crippen LogP contribution in [-0.4, -0.2) is 114 Å². The van der Waals surface area contributed by atoms with Gasteiger partial charge >= 0.3 is 0 Å². The Balaban J connectivity index is 1.28. The minimum atomic E-state index is -2.12. The molecule has 0 spiro atoms. The number of hydrogen-bond donors (Lipinski definition) is 9. The maximum atomic E-state index is 13.7. The molecule has 0 aromatic heterocycles. The van der Waals surface area contributed by atoms with E-state index in [9.17, 15) is 54.6 Å². The molecule has 3 amide bonds. The molecule has 0 saturated carbocycles. The molecule has 0 bridgehead atoms. The zero-order chi connectivity index (χ0) is 38.4. The zero-order valence-corrected chi connectivity index (χ0v) is 28.7. The summed E-state index contributed by atoms with van der Waals surface area (Å²) in [5.74, 6) is -5.09. The van der Waals surface area contributed by atoms with Gasteiger partial charge in [0, 0.05) is 67.1 Å².